The zero-order valence-corrected chi connectivity index (χ0v) is 10.4. The molecule has 16 heavy (non-hydrogen) atoms. The van der Waals surface area contributed by atoms with Crippen molar-refractivity contribution in [1.29, 1.82) is 0 Å². The first-order valence-electron chi connectivity index (χ1n) is 5.05. The summed E-state index contributed by atoms with van der Waals surface area (Å²) >= 11 is 1.38. The molecule has 0 radical (unpaired) electrons. The first kappa shape index (κ1) is 13.0. The number of aromatic nitrogens is 3. The predicted octanol–water partition coefficient (Wildman–Crippen LogP) is -0.313. The van der Waals surface area contributed by atoms with Gasteiger partial charge in [0.2, 0.25) is 0 Å². The van der Waals surface area contributed by atoms with E-state index in [1.54, 1.807) is 7.05 Å². The van der Waals surface area contributed by atoms with E-state index in [0.29, 0.717) is 5.16 Å². The van der Waals surface area contributed by atoms with Crippen molar-refractivity contribution >= 4 is 11.8 Å². The fourth-order valence-electron chi connectivity index (χ4n) is 1.15. The van der Waals surface area contributed by atoms with Crippen molar-refractivity contribution < 1.29 is 0 Å². The lowest BCUT2D eigenvalue weighted by Gasteiger charge is -2.17. The van der Waals surface area contributed by atoms with E-state index in [-0.39, 0.29) is 11.3 Å². The quantitative estimate of drug-likeness (QED) is 0.559. The number of H-pyrrole nitrogens is 1. The van der Waals surface area contributed by atoms with Gasteiger partial charge in [-0.1, -0.05) is 25.6 Å². The molecule has 3 N–H and O–H groups in total. The average Bonchev–Trinajstić information content (AvgIpc) is 2.24. The van der Waals surface area contributed by atoms with Gasteiger partial charge in [-0.2, -0.15) is 4.98 Å². The van der Waals surface area contributed by atoms with Gasteiger partial charge in [-0.25, -0.2) is 0 Å². The van der Waals surface area contributed by atoms with Crippen molar-refractivity contribution in [2.75, 3.05) is 0 Å². The molecule has 0 saturated carbocycles. The Balaban J connectivity index is 2.94. The van der Waals surface area contributed by atoms with Crippen molar-refractivity contribution in [2.45, 2.75) is 36.7 Å². The van der Waals surface area contributed by atoms with Gasteiger partial charge in [0, 0.05) is 18.3 Å². The molecule has 6 nitrogen and oxygen atoms in total. The summed E-state index contributed by atoms with van der Waals surface area (Å²) in [6.45, 7) is 3.97. The number of aryl methyl sites for hydroxylation is 1. The summed E-state index contributed by atoms with van der Waals surface area (Å²) in [5.74, 6) is 0. The zero-order valence-electron chi connectivity index (χ0n) is 9.56. The van der Waals surface area contributed by atoms with Crippen molar-refractivity contribution in [3.63, 3.8) is 0 Å². The minimum Gasteiger partial charge on any atom is -0.327 e. The molecule has 0 saturated heterocycles. The molecule has 90 valence electrons. The third-order valence-corrected chi connectivity index (χ3v) is 3.61. The lowest BCUT2D eigenvalue weighted by atomic mass is 10.2. The number of hydrogen-bond donors (Lipinski definition) is 2. The Bertz CT molecular complexity index is 467. The van der Waals surface area contributed by atoms with Crippen LogP contribution in [0.5, 0.6) is 0 Å². The van der Waals surface area contributed by atoms with Crippen molar-refractivity contribution in [3.8, 4) is 0 Å². The molecule has 0 aliphatic rings. The standard InChI is InChI=1S/C9H16N4O2S/c1-4-6(10)5(2)16-9-11-7(14)8(15)12-13(9)3/h5-6H,4,10H2,1-3H3,(H,12,15). The van der Waals surface area contributed by atoms with Crippen LogP contribution in [0.15, 0.2) is 14.7 Å². The predicted molar refractivity (Wildman–Crippen MR) is 63.7 cm³/mol. The summed E-state index contributed by atoms with van der Waals surface area (Å²) in [5, 5.41) is 3.00. The monoisotopic (exact) mass is 244 g/mol. The second kappa shape index (κ2) is 5.31. The highest BCUT2D eigenvalue weighted by molar-refractivity contribution is 7.99. The number of aromatic amines is 1. The second-order valence-electron chi connectivity index (χ2n) is 3.59. The first-order chi connectivity index (χ1) is 7.45. The SMILES string of the molecule is CCC(N)C(C)Sc1nc(=O)c(=O)[nH]n1C. The summed E-state index contributed by atoms with van der Waals surface area (Å²) in [6.07, 6.45) is 0.853. The fourth-order valence-corrected chi connectivity index (χ4v) is 2.19. The van der Waals surface area contributed by atoms with Crippen LogP contribution in [0, 0.1) is 0 Å². The van der Waals surface area contributed by atoms with Crippen LogP contribution in [-0.2, 0) is 7.05 Å². The fraction of sp³-hybridized carbons (Fsp3) is 0.667. The summed E-state index contributed by atoms with van der Waals surface area (Å²) in [5.41, 5.74) is 4.40. The Labute approximate surface area is 97.2 Å². The minimum absolute atomic E-state index is 0.0360. The van der Waals surface area contributed by atoms with Crippen LogP contribution in [-0.4, -0.2) is 26.1 Å². The van der Waals surface area contributed by atoms with E-state index in [4.69, 9.17) is 5.73 Å². The van der Waals surface area contributed by atoms with Crippen molar-refractivity contribution in [3.05, 3.63) is 20.7 Å². The Morgan fingerprint density at radius 3 is 2.75 bits per heavy atom. The van der Waals surface area contributed by atoms with Gasteiger partial charge in [0.15, 0.2) is 5.16 Å². The molecule has 2 unspecified atom stereocenters. The molecule has 0 aliphatic carbocycles. The number of nitrogens with zero attached hydrogens (tertiary/aromatic N) is 2. The summed E-state index contributed by atoms with van der Waals surface area (Å²) < 4.78 is 1.44. The van der Waals surface area contributed by atoms with Crippen molar-refractivity contribution in [2.24, 2.45) is 12.8 Å². The topological polar surface area (TPSA) is 93.8 Å². The average molecular weight is 244 g/mol. The van der Waals surface area contributed by atoms with E-state index in [1.807, 2.05) is 13.8 Å². The van der Waals surface area contributed by atoms with Gasteiger partial charge in [0.05, 0.1) is 0 Å². The van der Waals surface area contributed by atoms with E-state index in [2.05, 4.69) is 10.1 Å². The molecule has 0 fully saturated rings. The molecular formula is C9H16N4O2S. The van der Waals surface area contributed by atoms with Gasteiger partial charge in [-0.05, 0) is 6.42 Å². The molecule has 0 aliphatic heterocycles. The van der Waals surface area contributed by atoms with Crippen LogP contribution in [0.4, 0.5) is 0 Å². The molecule has 1 aromatic heterocycles. The number of nitrogens with two attached hydrogens (primary N) is 1. The Hall–Kier alpha value is -1.08. The molecule has 1 rings (SSSR count). The van der Waals surface area contributed by atoms with Crippen molar-refractivity contribution in [1.82, 2.24) is 14.8 Å². The highest BCUT2D eigenvalue weighted by Gasteiger charge is 2.15. The Kier molecular flexibility index (Phi) is 4.31. The molecule has 0 aromatic carbocycles. The van der Waals surface area contributed by atoms with Crippen LogP contribution < -0.4 is 16.9 Å². The van der Waals surface area contributed by atoms with E-state index in [1.165, 1.54) is 16.4 Å². The highest BCUT2D eigenvalue weighted by Crippen LogP contribution is 2.21. The van der Waals surface area contributed by atoms with Gasteiger partial charge >= 0.3 is 11.1 Å². The molecule has 0 amide bonds. The van der Waals surface area contributed by atoms with Gasteiger partial charge in [-0.15, -0.1) is 0 Å². The van der Waals surface area contributed by atoms with E-state index in [0.717, 1.165) is 6.42 Å². The van der Waals surface area contributed by atoms with Crippen LogP contribution >= 0.6 is 11.8 Å². The van der Waals surface area contributed by atoms with Crippen LogP contribution in [0.1, 0.15) is 20.3 Å². The van der Waals surface area contributed by atoms with Gasteiger partial charge in [0.25, 0.3) is 0 Å². The largest absolute Gasteiger partial charge is 0.339 e. The maximum atomic E-state index is 11.1. The Morgan fingerprint density at radius 1 is 1.56 bits per heavy atom. The highest BCUT2D eigenvalue weighted by atomic mass is 32.2. The van der Waals surface area contributed by atoms with Gasteiger partial charge < -0.3 is 5.73 Å². The molecule has 2 atom stereocenters. The normalized spacial score (nSPS) is 14.8. The molecule has 1 heterocycles. The summed E-state index contributed by atoms with van der Waals surface area (Å²) in [4.78, 5) is 25.8. The Morgan fingerprint density at radius 2 is 2.19 bits per heavy atom. The minimum atomic E-state index is -0.766. The number of hydrogen-bond acceptors (Lipinski definition) is 5. The zero-order chi connectivity index (χ0) is 12.3. The molecule has 0 spiro atoms. The maximum Gasteiger partial charge on any atom is 0.339 e. The number of nitrogens with one attached hydrogen (secondary N) is 1. The molecule has 7 heteroatoms. The smallest absolute Gasteiger partial charge is 0.327 e. The summed E-state index contributed by atoms with van der Waals surface area (Å²) in [6, 6.07) is 0.0360. The van der Waals surface area contributed by atoms with E-state index < -0.39 is 11.1 Å². The second-order valence-corrected chi connectivity index (χ2v) is 4.94. The molecule has 0 bridgehead atoms. The van der Waals surface area contributed by atoms with Crippen LogP contribution in [0.2, 0.25) is 0 Å². The van der Waals surface area contributed by atoms with Gasteiger partial charge in [0.1, 0.15) is 0 Å². The van der Waals surface area contributed by atoms with Crippen LogP contribution in [0.25, 0.3) is 0 Å². The lowest BCUT2D eigenvalue weighted by molar-refractivity contribution is 0.587. The van der Waals surface area contributed by atoms with E-state index >= 15 is 0 Å². The van der Waals surface area contributed by atoms with Gasteiger partial charge in [-0.3, -0.25) is 19.4 Å². The number of thioether (sulfide) groups is 1. The third kappa shape index (κ3) is 2.96. The molecular weight excluding hydrogens is 228 g/mol. The lowest BCUT2D eigenvalue weighted by Crippen LogP contribution is -2.35. The molecule has 1 aromatic rings. The maximum absolute atomic E-state index is 11.1. The first-order valence-corrected chi connectivity index (χ1v) is 5.93. The third-order valence-electron chi connectivity index (χ3n) is 2.31. The summed E-state index contributed by atoms with van der Waals surface area (Å²) in [7, 11) is 1.64. The van der Waals surface area contributed by atoms with E-state index in [9.17, 15) is 9.59 Å². The van der Waals surface area contributed by atoms with Crippen LogP contribution in [0.3, 0.4) is 0 Å². The number of rotatable bonds is 4.